The first-order valence-electron chi connectivity index (χ1n) is 12.3. The molecule has 34 heavy (non-hydrogen) atoms. The Balaban J connectivity index is 1.87. The molecule has 0 saturated heterocycles. The molecule has 12 heteroatoms. The number of nitrogens with zero attached hydrogens (tertiary/aromatic N) is 2. The maximum absolute atomic E-state index is 13.9. The summed E-state index contributed by atoms with van der Waals surface area (Å²) in [6, 6.07) is -1.80. The van der Waals surface area contributed by atoms with Gasteiger partial charge in [0.25, 0.3) is 0 Å². The number of hydrogen-bond donors (Lipinski definition) is 1. The standard InChI is InChI=1S/C22H38BrN3O7S/c1-32-15-11-12-18(20(13-15)33-2)25(14-22(27)24-17-8-4-3-7-16(17)23)34(30,31)21-10-6-5-9-19(21)26(28)29/h15-21H,3-14H2,1-2H3,(H,24,27). The number of nitrogens with one attached hydrogen (secondary N) is 1. The average molecular weight is 569 g/mol. The zero-order valence-corrected chi connectivity index (χ0v) is 22.5. The van der Waals surface area contributed by atoms with Crippen LogP contribution in [0, 0.1) is 10.1 Å². The van der Waals surface area contributed by atoms with Gasteiger partial charge in [0.2, 0.25) is 22.0 Å². The summed E-state index contributed by atoms with van der Waals surface area (Å²) in [6.07, 6.45) is 6.66. The molecule has 7 unspecified atom stereocenters. The van der Waals surface area contributed by atoms with Crippen LogP contribution in [-0.4, -0.2) is 84.7 Å². The smallest absolute Gasteiger partial charge is 0.235 e. The van der Waals surface area contributed by atoms with Gasteiger partial charge in [-0.25, -0.2) is 8.42 Å². The second-order valence-corrected chi connectivity index (χ2v) is 13.0. The fraction of sp³-hybridized carbons (Fsp3) is 0.955. The Morgan fingerprint density at radius 2 is 1.74 bits per heavy atom. The van der Waals surface area contributed by atoms with E-state index in [-0.39, 0.29) is 42.3 Å². The van der Waals surface area contributed by atoms with Gasteiger partial charge in [-0.05, 0) is 38.5 Å². The predicted octanol–water partition coefficient (Wildman–Crippen LogP) is 2.61. The molecule has 0 spiro atoms. The van der Waals surface area contributed by atoms with Crippen LogP contribution in [-0.2, 0) is 24.3 Å². The Labute approximate surface area is 210 Å². The van der Waals surface area contributed by atoms with E-state index in [2.05, 4.69) is 21.2 Å². The van der Waals surface area contributed by atoms with Crippen molar-refractivity contribution in [2.24, 2.45) is 0 Å². The molecular formula is C22H38BrN3O7S. The third-order valence-corrected chi connectivity index (χ3v) is 11.2. The molecule has 0 radical (unpaired) electrons. The summed E-state index contributed by atoms with van der Waals surface area (Å²) in [4.78, 5) is 24.5. The van der Waals surface area contributed by atoms with Crippen LogP contribution < -0.4 is 5.32 Å². The van der Waals surface area contributed by atoms with Gasteiger partial charge in [0, 0.05) is 42.9 Å². The van der Waals surface area contributed by atoms with Gasteiger partial charge >= 0.3 is 0 Å². The van der Waals surface area contributed by atoms with Crippen molar-refractivity contribution in [2.75, 3.05) is 20.8 Å². The van der Waals surface area contributed by atoms with Gasteiger partial charge in [-0.2, -0.15) is 4.31 Å². The Kier molecular flexibility index (Phi) is 10.1. The summed E-state index contributed by atoms with van der Waals surface area (Å²) in [6.45, 7) is -0.359. The van der Waals surface area contributed by atoms with Crippen LogP contribution in [0.3, 0.4) is 0 Å². The Morgan fingerprint density at radius 1 is 1.06 bits per heavy atom. The second kappa shape index (κ2) is 12.4. The van der Waals surface area contributed by atoms with Crippen LogP contribution in [0.4, 0.5) is 0 Å². The van der Waals surface area contributed by atoms with Crippen molar-refractivity contribution in [2.45, 2.75) is 111 Å². The van der Waals surface area contributed by atoms with E-state index in [1.54, 1.807) is 7.11 Å². The van der Waals surface area contributed by atoms with Gasteiger partial charge in [-0.3, -0.25) is 14.9 Å². The Morgan fingerprint density at radius 3 is 2.38 bits per heavy atom. The number of ether oxygens (including phenoxy) is 2. The van der Waals surface area contributed by atoms with Gasteiger partial charge in [-0.1, -0.05) is 35.2 Å². The minimum absolute atomic E-state index is 0.0582. The summed E-state index contributed by atoms with van der Waals surface area (Å²) in [5, 5.41) is 13.6. The third-order valence-electron chi connectivity index (χ3n) is 7.69. The molecule has 0 heterocycles. The van der Waals surface area contributed by atoms with E-state index in [0.29, 0.717) is 32.1 Å². The van der Waals surface area contributed by atoms with Crippen molar-refractivity contribution in [3.05, 3.63) is 10.1 Å². The zero-order chi connectivity index (χ0) is 24.9. The molecule has 1 N–H and O–H groups in total. The Bertz CT molecular complexity index is 814. The SMILES string of the molecule is COC1CCC(N(CC(=O)NC2CCCCC2Br)S(=O)(=O)C2CCCCC2[N+](=O)[O-])C(OC)C1. The number of carbonyl (C=O) groups excluding carboxylic acids is 1. The van der Waals surface area contributed by atoms with Gasteiger partial charge < -0.3 is 14.8 Å². The zero-order valence-electron chi connectivity index (χ0n) is 20.1. The highest BCUT2D eigenvalue weighted by Gasteiger charge is 2.50. The summed E-state index contributed by atoms with van der Waals surface area (Å²) < 4.78 is 40.3. The second-order valence-electron chi connectivity index (χ2n) is 9.75. The van der Waals surface area contributed by atoms with Crippen LogP contribution in [0.15, 0.2) is 0 Å². The molecule has 3 rings (SSSR count). The number of amides is 1. The first-order valence-corrected chi connectivity index (χ1v) is 14.7. The van der Waals surface area contributed by atoms with Crippen molar-refractivity contribution in [3.8, 4) is 0 Å². The molecular weight excluding hydrogens is 530 g/mol. The number of nitro groups is 1. The lowest BCUT2D eigenvalue weighted by Crippen LogP contribution is -2.59. The first-order chi connectivity index (χ1) is 16.2. The van der Waals surface area contributed by atoms with Crippen LogP contribution >= 0.6 is 15.9 Å². The maximum Gasteiger partial charge on any atom is 0.235 e. The molecule has 0 aliphatic heterocycles. The molecule has 3 fully saturated rings. The van der Waals surface area contributed by atoms with Crippen molar-refractivity contribution < 1.29 is 27.6 Å². The van der Waals surface area contributed by atoms with E-state index in [4.69, 9.17) is 9.47 Å². The van der Waals surface area contributed by atoms with Crippen molar-refractivity contribution >= 4 is 31.9 Å². The van der Waals surface area contributed by atoms with E-state index < -0.39 is 38.4 Å². The van der Waals surface area contributed by atoms with E-state index >= 15 is 0 Å². The Hall–Kier alpha value is -0.820. The largest absolute Gasteiger partial charge is 0.381 e. The molecule has 3 aliphatic rings. The van der Waals surface area contributed by atoms with Gasteiger partial charge in [0.1, 0.15) is 5.25 Å². The fourth-order valence-electron chi connectivity index (χ4n) is 5.75. The van der Waals surface area contributed by atoms with Crippen LogP contribution in [0.25, 0.3) is 0 Å². The van der Waals surface area contributed by atoms with Crippen LogP contribution in [0.2, 0.25) is 0 Å². The highest BCUT2D eigenvalue weighted by Crippen LogP contribution is 2.34. The highest BCUT2D eigenvalue weighted by atomic mass is 79.9. The minimum Gasteiger partial charge on any atom is -0.381 e. The number of halogens is 1. The molecule has 196 valence electrons. The first kappa shape index (κ1) is 27.8. The number of alkyl halides is 1. The van der Waals surface area contributed by atoms with Gasteiger partial charge in [0.15, 0.2) is 0 Å². The number of carbonyl (C=O) groups is 1. The fourth-order valence-corrected chi connectivity index (χ4v) is 8.83. The minimum atomic E-state index is -4.14. The van der Waals surface area contributed by atoms with E-state index in [9.17, 15) is 23.3 Å². The van der Waals surface area contributed by atoms with E-state index in [0.717, 1.165) is 25.7 Å². The number of methoxy groups -OCH3 is 2. The normalized spacial score (nSPS) is 35.1. The molecule has 3 saturated carbocycles. The summed E-state index contributed by atoms with van der Waals surface area (Å²) in [5.41, 5.74) is 0. The molecule has 7 atom stereocenters. The molecule has 0 aromatic heterocycles. The predicted molar refractivity (Wildman–Crippen MR) is 131 cm³/mol. The number of rotatable bonds is 9. The lowest BCUT2D eigenvalue weighted by molar-refractivity contribution is -0.525. The monoisotopic (exact) mass is 567 g/mol. The summed E-state index contributed by atoms with van der Waals surface area (Å²) in [7, 11) is -0.995. The third kappa shape index (κ3) is 6.48. The number of sulfonamides is 1. The van der Waals surface area contributed by atoms with Crippen LogP contribution in [0.5, 0.6) is 0 Å². The van der Waals surface area contributed by atoms with Crippen molar-refractivity contribution in [1.29, 1.82) is 0 Å². The van der Waals surface area contributed by atoms with E-state index in [1.807, 2.05) is 0 Å². The van der Waals surface area contributed by atoms with Gasteiger partial charge in [0.05, 0.1) is 24.8 Å². The lowest BCUT2D eigenvalue weighted by Gasteiger charge is -2.42. The van der Waals surface area contributed by atoms with Crippen molar-refractivity contribution in [1.82, 2.24) is 9.62 Å². The number of hydrogen-bond acceptors (Lipinski definition) is 7. The molecule has 1 amide bonds. The lowest BCUT2D eigenvalue weighted by atomic mass is 9.90. The summed E-state index contributed by atoms with van der Waals surface area (Å²) >= 11 is 3.63. The average Bonchev–Trinajstić information content (AvgIpc) is 2.83. The maximum atomic E-state index is 13.9. The molecule has 0 bridgehead atoms. The van der Waals surface area contributed by atoms with Crippen LogP contribution in [0.1, 0.15) is 70.6 Å². The quantitative estimate of drug-likeness (QED) is 0.257. The molecule has 3 aliphatic carbocycles. The van der Waals surface area contributed by atoms with Crippen molar-refractivity contribution in [3.63, 3.8) is 0 Å². The molecule has 0 aromatic carbocycles. The molecule has 10 nitrogen and oxygen atoms in total. The summed E-state index contributed by atoms with van der Waals surface area (Å²) in [5.74, 6) is -0.378. The molecule has 0 aromatic rings. The van der Waals surface area contributed by atoms with E-state index in [1.165, 1.54) is 11.4 Å². The van der Waals surface area contributed by atoms with Gasteiger partial charge in [-0.15, -0.1) is 0 Å². The topological polar surface area (TPSA) is 128 Å². The highest BCUT2D eigenvalue weighted by molar-refractivity contribution is 9.09.